The van der Waals surface area contributed by atoms with Gasteiger partial charge in [0.1, 0.15) is 0 Å². The third-order valence-electron chi connectivity index (χ3n) is 6.28. The van der Waals surface area contributed by atoms with Crippen LogP contribution >= 0.6 is 11.3 Å². The molecule has 0 unspecified atom stereocenters. The average molecular weight is 449 g/mol. The second-order valence-corrected chi connectivity index (χ2v) is 9.80. The Morgan fingerprint density at radius 2 is 2.00 bits per heavy atom. The van der Waals surface area contributed by atoms with E-state index in [1.807, 2.05) is 22.9 Å². The summed E-state index contributed by atoms with van der Waals surface area (Å²) < 4.78 is 2.02. The summed E-state index contributed by atoms with van der Waals surface area (Å²) in [5, 5.41) is 15.8. The van der Waals surface area contributed by atoms with Gasteiger partial charge in [0.2, 0.25) is 0 Å². The molecule has 1 aromatic carbocycles. The molecule has 3 aromatic heterocycles. The number of hydrogen-bond donors (Lipinski definition) is 1. The van der Waals surface area contributed by atoms with Crippen LogP contribution in [0.5, 0.6) is 0 Å². The molecule has 1 fully saturated rings. The van der Waals surface area contributed by atoms with E-state index in [9.17, 15) is 4.79 Å². The van der Waals surface area contributed by atoms with E-state index in [4.69, 9.17) is 0 Å². The molecule has 7 nitrogen and oxygen atoms in total. The Kier molecular flexibility index (Phi) is 6.14. The standard InChI is InChI=1S/C24H28N6OS/c1-17-9-10-22-18(12-17)13-19(24(31)25-22)14-29(15-21-8-5-11-32-21)16-23-26-27-28-30(23)20-6-3-2-4-7-20/h5,8-13,20H,2-4,6-7,14-16H2,1H3,(H,25,31). The van der Waals surface area contributed by atoms with Gasteiger partial charge in [0, 0.05) is 29.0 Å². The summed E-state index contributed by atoms with van der Waals surface area (Å²) in [6.07, 6.45) is 6.02. The van der Waals surface area contributed by atoms with E-state index >= 15 is 0 Å². The molecule has 3 heterocycles. The van der Waals surface area contributed by atoms with Crippen molar-refractivity contribution in [1.29, 1.82) is 0 Å². The van der Waals surface area contributed by atoms with Crippen LogP contribution < -0.4 is 5.56 Å². The van der Waals surface area contributed by atoms with Crippen LogP contribution in [0.3, 0.4) is 0 Å². The van der Waals surface area contributed by atoms with E-state index < -0.39 is 0 Å². The maximum Gasteiger partial charge on any atom is 0.252 e. The third kappa shape index (κ3) is 4.66. The smallest absolute Gasteiger partial charge is 0.252 e. The summed E-state index contributed by atoms with van der Waals surface area (Å²) in [7, 11) is 0. The van der Waals surface area contributed by atoms with Gasteiger partial charge in [0.25, 0.3) is 5.56 Å². The van der Waals surface area contributed by atoms with Gasteiger partial charge in [0.05, 0.1) is 12.6 Å². The first kappa shape index (κ1) is 21.0. The summed E-state index contributed by atoms with van der Waals surface area (Å²) >= 11 is 1.73. The number of rotatable bonds is 7. The first-order chi connectivity index (χ1) is 15.7. The maximum atomic E-state index is 12.8. The van der Waals surface area contributed by atoms with Gasteiger partial charge in [0.15, 0.2) is 5.82 Å². The van der Waals surface area contributed by atoms with Crippen molar-refractivity contribution >= 4 is 22.2 Å². The van der Waals surface area contributed by atoms with Gasteiger partial charge in [-0.2, -0.15) is 0 Å². The molecule has 4 aromatic rings. The number of aromatic nitrogens is 5. The molecule has 0 atom stereocenters. The van der Waals surface area contributed by atoms with Gasteiger partial charge in [-0.05, 0) is 65.2 Å². The zero-order valence-electron chi connectivity index (χ0n) is 18.3. The number of thiophene rings is 1. The average Bonchev–Trinajstić information content (AvgIpc) is 3.47. The molecule has 5 rings (SSSR count). The van der Waals surface area contributed by atoms with E-state index in [1.165, 1.54) is 29.7 Å². The van der Waals surface area contributed by atoms with E-state index in [0.29, 0.717) is 19.1 Å². The number of nitrogens with one attached hydrogen (secondary N) is 1. The molecule has 1 saturated carbocycles. The Bertz CT molecular complexity index is 1240. The van der Waals surface area contributed by atoms with Crippen LogP contribution in [0.4, 0.5) is 0 Å². The zero-order chi connectivity index (χ0) is 21.9. The molecule has 0 aliphatic heterocycles. The van der Waals surface area contributed by atoms with E-state index in [0.717, 1.165) is 41.7 Å². The molecule has 0 amide bonds. The molecule has 0 bridgehead atoms. The number of fused-ring (bicyclic) bond motifs is 1. The van der Waals surface area contributed by atoms with Gasteiger partial charge < -0.3 is 4.98 Å². The predicted octanol–water partition coefficient (Wildman–Crippen LogP) is 4.59. The lowest BCUT2D eigenvalue weighted by Gasteiger charge is -2.25. The van der Waals surface area contributed by atoms with Crippen molar-refractivity contribution in [3.63, 3.8) is 0 Å². The highest BCUT2D eigenvalue weighted by Gasteiger charge is 2.22. The van der Waals surface area contributed by atoms with E-state index in [1.54, 1.807) is 11.3 Å². The summed E-state index contributed by atoms with van der Waals surface area (Å²) in [6, 6.07) is 12.7. The van der Waals surface area contributed by atoms with Crippen molar-refractivity contribution in [2.75, 3.05) is 0 Å². The summed E-state index contributed by atoms with van der Waals surface area (Å²) in [5.74, 6) is 0.876. The van der Waals surface area contributed by atoms with Crippen LogP contribution in [-0.2, 0) is 19.6 Å². The van der Waals surface area contributed by atoms with Gasteiger partial charge in [-0.25, -0.2) is 4.68 Å². The number of pyridine rings is 1. The molecule has 0 spiro atoms. The SMILES string of the molecule is Cc1ccc2[nH]c(=O)c(CN(Cc3cccs3)Cc3nnnn3C3CCCCC3)cc2c1. The minimum absolute atomic E-state index is 0.0376. The summed E-state index contributed by atoms with van der Waals surface area (Å²) in [4.78, 5) is 19.4. The van der Waals surface area contributed by atoms with E-state index in [2.05, 4.69) is 55.9 Å². The lowest BCUT2D eigenvalue weighted by Crippen LogP contribution is -2.28. The first-order valence-corrected chi connectivity index (χ1v) is 12.2. The third-order valence-corrected chi connectivity index (χ3v) is 7.14. The van der Waals surface area contributed by atoms with Gasteiger partial charge in [-0.15, -0.1) is 16.4 Å². The van der Waals surface area contributed by atoms with E-state index in [-0.39, 0.29) is 5.56 Å². The van der Waals surface area contributed by atoms with Gasteiger partial charge in [-0.3, -0.25) is 9.69 Å². The Balaban J connectivity index is 1.43. The molecular weight excluding hydrogens is 420 g/mol. The number of hydrogen-bond acceptors (Lipinski definition) is 6. The quantitative estimate of drug-likeness (QED) is 0.447. The van der Waals surface area contributed by atoms with Crippen molar-refractivity contribution in [1.82, 2.24) is 30.1 Å². The zero-order valence-corrected chi connectivity index (χ0v) is 19.1. The lowest BCUT2D eigenvalue weighted by atomic mass is 9.95. The molecule has 1 aliphatic carbocycles. The maximum absolute atomic E-state index is 12.8. The minimum Gasteiger partial charge on any atom is -0.322 e. The van der Waals surface area contributed by atoms with Gasteiger partial charge in [-0.1, -0.05) is 37.0 Å². The van der Waals surface area contributed by atoms with Crippen LogP contribution in [0.25, 0.3) is 10.9 Å². The van der Waals surface area contributed by atoms with Crippen LogP contribution in [0.1, 0.15) is 60.0 Å². The first-order valence-electron chi connectivity index (χ1n) is 11.3. The molecule has 0 radical (unpaired) electrons. The fourth-order valence-electron chi connectivity index (χ4n) is 4.65. The molecule has 8 heteroatoms. The summed E-state index contributed by atoms with van der Waals surface area (Å²) in [5.41, 5.74) is 2.77. The highest BCUT2D eigenvalue weighted by Crippen LogP contribution is 2.28. The van der Waals surface area contributed by atoms with Crippen molar-refractivity contribution in [2.45, 2.75) is 64.7 Å². The Labute approximate surface area is 191 Å². The molecular formula is C24H28N6OS. The number of aromatic amines is 1. The number of nitrogens with zero attached hydrogens (tertiary/aromatic N) is 5. The van der Waals surface area contributed by atoms with Crippen LogP contribution in [0, 0.1) is 6.92 Å². The van der Waals surface area contributed by atoms with Crippen molar-refractivity contribution in [2.24, 2.45) is 0 Å². The van der Waals surface area contributed by atoms with Crippen LogP contribution in [-0.4, -0.2) is 30.1 Å². The molecule has 32 heavy (non-hydrogen) atoms. The Morgan fingerprint density at radius 3 is 2.81 bits per heavy atom. The van der Waals surface area contributed by atoms with Crippen molar-refractivity contribution in [3.05, 3.63) is 74.0 Å². The highest BCUT2D eigenvalue weighted by molar-refractivity contribution is 7.09. The highest BCUT2D eigenvalue weighted by atomic mass is 32.1. The van der Waals surface area contributed by atoms with Gasteiger partial charge >= 0.3 is 0 Å². The monoisotopic (exact) mass is 448 g/mol. The number of aryl methyl sites for hydroxylation is 1. The Morgan fingerprint density at radius 1 is 1.12 bits per heavy atom. The van der Waals surface area contributed by atoms with Crippen molar-refractivity contribution < 1.29 is 0 Å². The molecule has 1 aliphatic rings. The van der Waals surface area contributed by atoms with Crippen LogP contribution in [0.15, 0.2) is 46.6 Å². The number of H-pyrrole nitrogens is 1. The molecule has 166 valence electrons. The normalized spacial score (nSPS) is 15.1. The fourth-order valence-corrected chi connectivity index (χ4v) is 5.39. The topological polar surface area (TPSA) is 79.7 Å². The second kappa shape index (κ2) is 9.34. The molecule has 0 saturated heterocycles. The minimum atomic E-state index is -0.0376. The van der Waals surface area contributed by atoms with Crippen LogP contribution in [0.2, 0.25) is 0 Å². The number of tetrazole rings is 1. The summed E-state index contributed by atoms with van der Waals surface area (Å²) in [6.45, 7) is 3.96. The Hall–Kier alpha value is -2.84. The number of benzene rings is 1. The van der Waals surface area contributed by atoms with Crippen molar-refractivity contribution in [3.8, 4) is 0 Å². The fraction of sp³-hybridized carbons (Fsp3) is 0.417. The molecule has 1 N–H and O–H groups in total. The largest absolute Gasteiger partial charge is 0.322 e. The second-order valence-electron chi connectivity index (χ2n) is 8.77. The predicted molar refractivity (Wildman–Crippen MR) is 127 cm³/mol. The lowest BCUT2D eigenvalue weighted by molar-refractivity contribution is 0.227.